The zero-order valence-corrected chi connectivity index (χ0v) is 4.62. The van der Waals surface area contributed by atoms with Gasteiger partial charge in [-0.2, -0.15) is 0 Å². The third-order valence-corrected chi connectivity index (χ3v) is 1.39. The molecule has 1 N–H and O–H groups in total. The Kier molecular flexibility index (Phi) is 0.729. The van der Waals surface area contributed by atoms with E-state index in [1.54, 1.807) is 0 Å². The fourth-order valence-corrected chi connectivity index (χ4v) is 0.514. The van der Waals surface area contributed by atoms with Crippen LogP contribution in [0.15, 0.2) is 0 Å². The maximum Gasteiger partial charge on any atom is 0.166 e. The second-order valence-electron chi connectivity index (χ2n) is 2.40. The minimum Gasteiger partial charge on any atom is -0.298 e. The molecule has 0 saturated carbocycles. The van der Waals surface area contributed by atoms with E-state index in [0.29, 0.717) is 12.3 Å². The fraction of sp³-hybridized carbons (Fsp3) is 0.800. The van der Waals surface area contributed by atoms with E-state index in [1.807, 2.05) is 13.8 Å². The number of carbonyl (C=O) groups excluding carboxylic acids is 1. The fourth-order valence-electron chi connectivity index (χ4n) is 0.514. The molecular weight excluding hydrogens is 90.1 g/mol. The Morgan fingerprint density at radius 1 is 1.71 bits per heavy atom. The summed E-state index contributed by atoms with van der Waals surface area (Å²) in [5.41, 5.74) is -0.208. The number of hydrogen-bond acceptors (Lipinski definition) is 2. The molecule has 1 fully saturated rings. The lowest BCUT2D eigenvalue weighted by Gasteiger charge is -2.33. The minimum atomic E-state index is -0.208. The highest BCUT2D eigenvalue weighted by Gasteiger charge is 2.35. The lowest BCUT2D eigenvalue weighted by Crippen LogP contribution is -2.62. The van der Waals surface area contributed by atoms with E-state index in [1.165, 1.54) is 0 Å². The monoisotopic (exact) mass is 99.1 g/mol. The predicted octanol–water partition coefficient (Wildman–Crippen LogP) is -0.0627. The highest BCUT2D eigenvalue weighted by Crippen LogP contribution is 2.10. The molecule has 0 amide bonds. The SMILES string of the molecule is CC1(C)NCC1=O. The van der Waals surface area contributed by atoms with Crippen molar-refractivity contribution in [1.82, 2.24) is 5.32 Å². The molecule has 0 aromatic carbocycles. The molecule has 7 heavy (non-hydrogen) atoms. The molecule has 0 aromatic rings. The van der Waals surface area contributed by atoms with Crippen LogP contribution in [0.25, 0.3) is 0 Å². The van der Waals surface area contributed by atoms with E-state index in [9.17, 15) is 4.79 Å². The van der Waals surface area contributed by atoms with Crippen molar-refractivity contribution in [3.8, 4) is 0 Å². The van der Waals surface area contributed by atoms with Gasteiger partial charge in [-0.1, -0.05) is 0 Å². The van der Waals surface area contributed by atoms with E-state index in [4.69, 9.17) is 0 Å². The second kappa shape index (κ2) is 1.07. The summed E-state index contributed by atoms with van der Waals surface area (Å²) in [7, 11) is 0. The van der Waals surface area contributed by atoms with Crippen LogP contribution in [0.4, 0.5) is 0 Å². The first-order valence-electron chi connectivity index (χ1n) is 2.41. The molecule has 1 aliphatic heterocycles. The van der Waals surface area contributed by atoms with Crippen molar-refractivity contribution in [1.29, 1.82) is 0 Å². The van der Waals surface area contributed by atoms with E-state index < -0.39 is 0 Å². The third kappa shape index (κ3) is 0.548. The topological polar surface area (TPSA) is 29.1 Å². The largest absolute Gasteiger partial charge is 0.298 e. The summed E-state index contributed by atoms with van der Waals surface area (Å²) in [4.78, 5) is 10.5. The third-order valence-electron chi connectivity index (χ3n) is 1.39. The summed E-state index contributed by atoms with van der Waals surface area (Å²) in [5.74, 6) is 0.313. The molecule has 1 saturated heterocycles. The molecule has 1 rings (SSSR count). The van der Waals surface area contributed by atoms with Crippen LogP contribution in [-0.4, -0.2) is 17.9 Å². The molecule has 0 unspecified atom stereocenters. The first-order valence-corrected chi connectivity index (χ1v) is 2.41. The average molecular weight is 99.1 g/mol. The van der Waals surface area contributed by atoms with Gasteiger partial charge < -0.3 is 0 Å². The van der Waals surface area contributed by atoms with Gasteiger partial charge in [-0.3, -0.25) is 10.1 Å². The van der Waals surface area contributed by atoms with Crippen LogP contribution in [-0.2, 0) is 4.79 Å². The van der Waals surface area contributed by atoms with Crippen LogP contribution in [0.2, 0.25) is 0 Å². The molecule has 0 atom stereocenters. The Morgan fingerprint density at radius 2 is 2.14 bits per heavy atom. The number of carbonyl (C=O) groups is 1. The van der Waals surface area contributed by atoms with Crippen molar-refractivity contribution in [2.45, 2.75) is 19.4 Å². The van der Waals surface area contributed by atoms with Gasteiger partial charge in [0.05, 0.1) is 12.1 Å². The quantitative estimate of drug-likeness (QED) is 0.461. The van der Waals surface area contributed by atoms with Crippen molar-refractivity contribution in [3.63, 3.8) is 0 Å². The summed E-state index contributed by atoms with van der Waals surface area (Å²) >= 11 is 0. The Balaban J connectivity index is 2.59. The minimum absolute atomic E-state index is 0.208. The molecule has 0 aromatic heterocycles. The Hall–Kier alpha value is -0.370. The van der Waals surface area contributed by atoms with Gasteiger partial charge in [-0.25, -0.2) is 0 Å². The average Bonchev–Trinajstić information content (AvgIpc) is 1.63. The lowest BCUT2D eigenvalue weighted by atomic mass is 9.91. The maximum atomic E-state index is 10.5. The van der Waals surface area contributed by atoms with Crippen LogP contribution in [0, 0.1) is 0 Å². The molecule has 0 aliphatic carbocycles. The normalized spacial score (nSPS) is 26.9. The second-order valence-corrected chi connectivity index (χ2v) is 2.40. The van der Waals surface area contributed by atoms with Crippen molar-refractivity contribution >= 4 is 5.78 Å². The standard InChI is InChI=1S/C5H9NO/c1-5(2)4(7)3-6-5/h6H,3H2,1-2H3. The Bertz CT molecular complexity index is 107. The molecule has 0 spiro atoms. The van der Waals surface area contributed by atoms with Gasteiger partial charge in [0, 0.05) is 0 Å². The first kappa shape index (κ1) is 4.78. The van der Waals surface area contributed by atoms with E-state index >= 15 is 0 Å². The highest BCUT2D eigenvalue weighted by atomic mass is 16.1. The van der Waals surface area contributed by atoms with E-state index in [2.05, 4.69) is 5.32 Å². The van der Waals surface area contributed by atoms with Gasteiger partial charge in [-0.15, -0.1) is 0 Å². The summed E-state index contributed by atoms with van der Waals surface area (Å²) in [6, 6.07) is 0. The Morgan fingerprint density at radius 3 is 2.14 bits per heavy atom. The molecule has 2 nitrogen and oxygen atoms in total. The molecular formula is C5H9NO. The van der Waals surface area contributed by atoms with Gasteiger partial charge in [0.25, 0.3) is 0 Å². The van der Waals surface area contributed by atoms with Gasteiger partial charge in [0.15, 0.2) is 5.78 Å². The Labute approximate surface area is 42.9 Å². The van der Waals surface area contributed by atoms with Crippen molar-refractivity contribution in [2.24, 2.45) is 0 Å². The first-order chi connectivity index (χ1) is 3.13. The summed E-state index contributed by atoms with van der Waals surface area (Å²) < 4.78 is 0. The van der Waals surface area contributed by atoms with Gasteiger partial charge >= 0.3 is 0 Å². The number of ketones is 1. The molecule has 40 valence electrons. The number of rotatable bonds is 0. The lowest BCUT2D eigenvalue weighted by molar-refractivity contribution is -0.130. The van der Waals surface area contributed by atoms with Gasteiger partial charge in [-0.05, 0) is 13.8 Å². The van der Waals surface area contributed by atoms with Crippen molar-refractivity contribution in [3.05, 3.63) is 0 Å². The van der Waals surface area contributed by atoms with Crippen molar-refractivity contribution in [2.75, 3.05) is 6.54 Å². The van der Waals surface area contributed by atoms with Crippen LogP contribution in [0.3, 0.4) is 0 Å². The molecule has 1 aliphatic rings. The maximum absolute atomic E-state index is 10.5. The molecule has 0 bridgehead atoms. The van der Waals surface area contributed by atoms with Crippen LogP contribution < -0.4 is 5.32 Å². The molecule has 2 heteroatoms. The van der Waals surface area contributed by atoms with Crippen LogP contribution in [0.5, 0.6) is 0 Å². The summed E-state index contributed by atoms with van der Waals surface area (Å²) in [5, 5.41) is 2.98. The molecule has 0 radical (unpaired) electrons. The van der Waals surface area contributed by atoms with Crippen LogP contribution >= 0.6 is 0 Å². The highest BCUT2D eigenvalue weighted by molar-refractivity contribution is 5.94. The molecule has 1 heterocycles. The summed E-state index contributed by atoms with van der Waals surface area (Å²) in [6.07, 6.45) is 0. The van der Waals surface area contributed by atoms with Gasteiger partial charge in [0.2, 0.25) is 0 Å². The summed E-state index contributed by atoms with van der Waals surface area (Å²) in [6.45, 7) is 4.34. The predicted molar refractivity (Wildman–Crippen MR) is 27.1 cm³/mol. The van der Waals surface area contributed by atoms with E-state index in [0.717, 1.165) is 0 Å². The van der Waals surface area contributed by atoms with E-state index in [-0.39, 0.29) is 5.54 Å². The number of nitrogens with one attached hydrogen (secondary N) is 1. The van der Waals surface area contributed by atoms with Crippen molar-refractivity contribution < 1.29 is 4.79 Å². The number of hydrogen-bond donors (Lipinski definition) is 1. The zero-order chi connectivity index (χ0) is 5.49. The smallest absolute Gasteiger partial charge is 0.166 e. The van der Waals surface area contributed by atoms with Gasteiger partial charge in [0.1, 0.15) is 0 Å². The van der Waals surface area contributed by atoms with Crippen LogP contribution in [0.1, 0.15) is 13.8 Å². The zero-order valence-electron chi connectivity index (χ0n) is 4.62. The number of Topliss-reactive ketones (excluding diaryl/α,β-unsaturated/α-hetero) is 1.